The van der Waals surface area contributed by atoms with Gasteiger partial charge in [-0.15, -0.1) is 0 Å². The number of hydrogen-bond acceptors (Lipinski definition) is 6. The van der Waals surface area contributed by atoms with Gasteiger partial charge >= 0.3 is 11.9 Å². The van der Waals surface area contributed by atoms with Crippen LogP contribution in [-0.4, -0.2) is 62.4 Å². The Labute approximate surface area is 141 Å². The van der Waals surface area contributed by atoms with E-state index in [0.717, 1.165) is 6.42 Å². The van der Waals surface area contributed by atoms with Gasteiger partial charge in [0.05, 0.1) is 18.8 Å². The van der Waals surface area contributed by atoms with Crippen molar-refractivity contribution in [2.24, 2.45) is 5.92 Å². The second-order valence-electron chi connectivity index (χ2n) is 6.40. The number of carbonyl (C=O) groups is 2. The van der Waals surface area contributed by atoms with Crippen LogP contribution in [0.2, 0.25) is 0 Å². The molecule has 0 radical (unpaired) electrons. The molecule has 0 aliphatic carbocycles. The predicted octanol–water partition coefficient (Wildman–Crippen LogP) is 1.49. The molecule has 0 aromatic heterocycles. The number of fused-ring (bicyclic) bond motifs is 2. The molecule has 3 rings (SSSR count). The highest BCUT2D eigenvalue weighted by molar-refractivity contribution is 5.89. The molecule has 2 saturated heterocycles. The molecule has 1 aromatic carbocycles. The summed E-state index contributed by atoms with van der Waals surface area (Å²) in [6.45, 7) is 0. The lowest BCUT2D eigenvalue weighted by molar-refractivity contribution is -0.156. The van der Waals surface area contributed by atoms with Crippen LogP contribution in [-0.2, 0) is 19.0 Å². The number of piperidine rings is 1. The second kappa shape index (κ2) is 6.91. The van der Waals surface area contributed by atoms with Crippen LogP contribution in [0.5, 0.6) is 0 Å². The predicted molar refractivity (Wildman–Crippen MR) is 86.5 cm³/mol. The fourth-order valence-corrected chi connectivity index (χ4v) is 4.02. The molecule has 1 unspecified atom stereocenters. The molecule has 2 aliphatic rings. The lowest BCUT2D eigenvalue weighted by Gasteiger charge is -2.40. The van der Waals surface area contributed by atoms with Crippen molar-refractivity contribution in [2.45, 2.75) is 37.1 Å². The summed E-state index contributed by atoms with van der Waals surface area (Å²) in [5, 5.41) is 0. The summed E-state index contributed by atoms with van der Waals surface area (Å²) < 4.78 is 16.3. The van der Waals surface area contributed by atoms with Crippen LogP contribution in [0.25, 0.3) is 0 Å². The van der Waals surface area contributed by atoms with Crippen molar-refractivity contribution in [3.05, 3.63) is 35.9 Å². The molecule has 130 valence electrons. The van der Waals surface area contributed by atoms with Crippen molar-refractivity contribution in [1.82, 2.24) is 4.90 Å². The van der Waals surface area contributed by atoms with Crippen LogP contribution in [0.1, 0.15) is 23.2 Å². The zero-order valence-corrected chi connectivity index (χ0v) is 14.2. The highest BCUT2D eigenvalue weighted by Crippen LogP contribution is 2.41. The SMILES string of the molecule is COC(=O)[C@H]1[C@@H](OC(=O)c2ccccc2)C[C@H]2C(OC)C[C@H]1N2C. The number of nitrogens with zero attached hydrogens (tertiary/aromatic N) is 1. The van der Waals surface area contributed by atoms with E-state index in [1.165, 1.54) is 7.11 Å². The third kappa shape index (κ3) is 2.91. The van der Waals surface area contributed by atoms with Gasteiger partial charge in [0.25, 0.3) is 0 Å². The Morgan fingerprint density at radius 3 is 2.33 bits per heavy atom. The third-order valence-corrected chi connectivity index (χ3v) is 5.28. The average molecular weight is 333 g/mol. The zero-order valence-electron chi connectivity index (χ0n) is 14.2. The van der Waals surface area contributed by atoms with Crippen LogP contribution < -0.4 is 0 Å². The second-order valence-corrected chi connectivity index (χ2v) is 6.40. The summed E-state index contributed by atoms with van der Waals surface area (Å²) in [6, 6.07) is 8.91. The number of carbonyl (C=O) groups excluding carboxylic acids is 2. The minimum absolute atomic E-state index is 0.0348. The number of likely N-dealkylation sites (N-methyl/N-ethyl adjacent to an activating group) is 1. The van der Waals surface area contributed by atoms with Gasteiger partial charge < -0.3 is 14.2 Å². The average Bonchev–Trinajstić information content (AvgIpc) is 2.81. The Kier molecular flexibility index (Phi) is 4.87. The van der Waals surface area contributed by atoms with Gasteiger partial charge in [-0.1, -0.05) is 18.2 Å². The molecular formula is C18H23NO5. The van der Waals surface area contributed by atoms with E-state index in [0.29, 0.717) is 12.0 Å². The number of ether oxygens (including phenoxy) is 3. The summed E-state index contributed by atoms with van der Waals surface area (Å²) in [5.41, 5.74) is 0.482. The van der Waals surface area contributed by atoms with Crippen LogP contribution in [0.4, 0.5) is 0 Å². The molecular weight excluding hydrogens is 310 g/mol. The van der Waals surface area contributed by atoms with Crippen LogP contribution in [0, 0.1) is 5.92 Å². The molecule has 2 bridgehead atoms. The Morgan fingerprint density at radius 1 is 1.04 bits per heavy atom. The molecule has 1 aromatic rings. The first kappa shape index (κ1) is 16.9. The van der Waals surface area contributed by atoms with Crippen molar-refractivity contribution in [1.29, 1.82) is 0 Å². The monoisotopic (exact) mass is 333 g/mol. The molecule has 0 N–H and O–H groups in total. The molecule has 6 heteroatoms. The molecule has 0 amide bonds. The molecule has 5 atom stereocenters. The molecule has 0 spiro atoms. The maximum atomic E-state index is 12.4. The Morgan fingerprint density at radius 2 is 1.71 bits per heavy atom. The van der Waals surface area contributed by atoms with Crippen LogP contribution in [0.15, 0.2) is 30.3 Å². The molecule has 2 fully saturated rings. The first-order valence-corrected chi connectivity index (χ1v) is 8.15. The Bertz CT molecular complexity index is 605. The lowest BCUT2D eigenvalue weighted by atomic mass is 9.87. The summed E-state index contributed by atoms with van der Waals surface area (Å²) in [6.07, 6.45) is 0.824. The minimum Gasteiger partial charge on any atom is -0.469 e. The fourth-order valence-electron chi connectivity index (χ4n) is 4.02. The van der Waals surface area contributed by atoms with Gasteiger partial charge in [0.15, 0.2) is 0 Å². The topological polar surface area (TPSA) is 65.1 Å². The van der Waals surface area contributed by atoms with Gasteiger partial charge in [0.2, 0.25) is 0 Å². The van der Waals surface area contributed by atoms with E-state index < -0.39 is 18.0 Å². The third-order valence-electron chi connectivity index (χ3n) is 5.28. The molecule has 0 saturated carbocycles. The number of benzene rings is 1. The summed E-state index contributed by atoms with van der Waals surface area (Å²) >= 11 is 0. The van der Waals surface area contributed by atoms with Crippen molar-refractivity contribution in [3.8, 4) is 0 Å². The molecule has 2 aliphatic heterocycles. The molecule has 6 nitrogen and oxygen atoms in total. The van der Waals surface area contributed by atoms with Gasteiger partial charge in [-0.25, -0.2) is 4.79 Å². The summed E-state index contributed by atoms with van der Waals surface area (Å²) in [5.74, 6) is -1.25. The van der Waals surface area contributed by atoms with Gasteiger partial charge in [-0.2, -0.15) is 0 Å². The van der Waals surface area contributed by atoms with Gasteiger partial charge in [-0.3, -0.25) is 9.69 Å². The van der Waals surface area contributed by atoms with Gasteiger partial charge in [-0.05, 0) is 25.6 Å². The fraction of sp³-hybridized carbons (Fsp3) is 0.556. The van der Waals surface area contributed by atoms with Gasteiger partial charge in [0.1, 0.15) is 12.0 Å². The van der Waals surface area contributed by atoms with Crippen LogP contribution >= 0.6 is 0 Å². The number of methoxy groups -OCH3 is 2. The highest BCUT2D eigenvalue weighted by atomic mass is 16.6. The molecule has 24 heavy (non-hydrogen) atoms. The maximum absolute atomic E-state index is 12.4. The largest absolute Gasteiger partial charge is 0.469 e. The maximum Gasteiger partial charge on any atom is 0.338 e. The highest BCUT2D eigenvalue weighted by Gasteiger charge is 2.55. The van der Waals surface area contributed by atoms with E-state index in [1.54, 1.807) is 31.4 Å². The first-order chi connectivity index (χ1) is 11.6. The smallest absolute Gasteiger partial charge is 0.338 e. The Balaban J connectivity index is 1.83. The molecule has 2 heterocycles. The van der Waals surface area contributed by atoms with Crippen LogP contribution in [0.3, 0.4) is 0 Å². The first-order valence-electron chi connectivity index (χ1n) is 8.15. The van der Waals surface area contributed by atoms with E-state index in [2.05, 4.69) is 4.90 Å². The zero-order chi connectivity index (χ0) is 17.3. The van der Waals surface area contributed by atoms with Crippen molar-refractivity contribution < 1.29 is 23.8 Å². The summed E-state index contributed by atoms with van der Waals surface area (Å²) in [4.78, 5) is 26.9. The van der Waals surface area contributed by atoms with E-state index in [9.17, 15) is 9.59 Å². The number of esters is 2. The number of rotatable bonds is 4. The van der Waals surface area contributed by atoms with E-state index >= 15 is 0 Å². The van der Waals surface area contributed by atoms with Crippen molar-refractivity contribution in [2.75, 3.05) is 21.3 Å². The van der Waals surface area contributed by atoms with Gasteiger partial charge in [0, 0.05) is 25.6 Å². The van der Waals surface area contributed by atoms with E-state index in [1.807, 2.05) is 13.1 Å². The summed E-state index contributed by atoms with van der Waals surface area (Å²) in [7, 11) is 5.03. The normalized spacial score (nSPS) is 32.4. The van der Waals surface area contributed by atoms with E-state index in [-0.39, 0.29) is 24.2 Å². The minimum atomic E-state index is -0.503. The van der Waals surface area contributed by atoms with E-state index in [4.69, 9.17) is 14.2 Å². The number of hydrogen-bond donors (Lipinski definition) is 0. The standard InChI is InChI=1S/C18H23NO5/c1-19-12-9-15(24-17(20)11-7-5-4-6-8-11)16(18(21)23-3)13(19)10-14(12)22-2/h4-8,12-16H,9-10H2,1-3H3/t12-,13+,14?,15-,16+/m0/s1. The lowest BCUT2D eigenvalue weighted by Crippen LogP contribution is -2.54. The van der Waals surface area contributed by atoms with Crippen molar-refractivity contribution >= 4 is 11.9 Å². The van der Waals surface area contributed by atoms with Crippen molar-refractivity contribution in [3.63, 3.8) is 0 Å². The Hall–Kier alpha value is -1.92. The quantitative estimate of drug-likeness (QED) is 0.778.